The maximum Gasteiger partial charge on any atom is 0.134 e. The Morgan fingerprint density at radius 1 is 1.19 bits per heavy atom. The van der Waals surface area contributed by atoms with Crippen LogP contribution in [0.25, 0.3) is 10.8 Å². The van der Waals surface area contributed by atoms with Gasteiger partial charge in [0.15, 0.2) is 0 Å². The molecule has 0 amide bonds. The van der Waals surface area contributed by atoms with Crippen LogP contribution < -0.4 is 10.1 Å². The van der Waals surface area contributed by atoms with Crippen molar-refractivity contribution in [1.82, 2.24) is 5.32 Å². The van der Waals surface area contributed by atoms with Crippen molar-refractivity contribution >= 4 is 26.7 Å². The lowest BCUT2D eigenvalue weighted by molar-refractivity contribution is 0.0192. The number of likely N-dealkylation sites (N-methyl/N-ethyl adjacent to an activating group) is 1. The lowest BCUT2D eigenvalue weighted by Crippen LogP contribution is -2.25. The molecule has 1 fully saturated rings. The summed E-state index contributed by atoms with van der Waals surface area (Å²) < 4.78 is 12.9. The van der Waals surface area contributed by atoms with Crippen LogP contribution in [0.3, 0.4) is 0 Å². The van der Waals surface area contributed by atoms with Crippen molar-refractivity contribution in [3.8, 4) is 5.75 Å². The second-order valence-corrected chi connectivity index (χ2v) is 6.22. The van der Waals surface area contributed by atoms with Crippen molar-refractivity contribution in [2.75, 3.05) is 20.2 Å². The molecule has 4 heteroatoms. The van der Waals surface area contributed by atoms with Gasteiger partial charge in [-0.2, -0.15) is 0 Å². The van der Waals surface area contributed by atoms with E-state index < -0.39 is 0 Å². The fourth-order valence-electron chi connectivity index (χ4n) is 2.79. The first-order chi connectivity index (χ1) is 10.3. The van der Waals surface area contributed by atoms with Crippen LogP contribution >= 0.6 is 15.9 Å². The summed E-state index contributed by atoms with van der Waals surface area (Å²) in [5.74, 6) is 0.884. The lowest BCUT2D eigenvalue weighted by atomic mass is 10.1. The highest BCUT2D eigenvalue weighted by Gasteiger charge is 2.25. The van der Waals surface area contributed by atoms with Crippen LogP contribution in [0.4, 0.5) is 0 Å². The summed E-state index contributed by atoms with van der Waals surface area (Å²) >= 11 is 3.65. The van der Waals surface area contributed by atoms with Crippen LogP contribution in [0, 0.1) is 0 Å². The van der Waals surface area contributed by atoms with Crippen LogP contribution in [0.5, 0.6) is 5.75 Å². The van der Waals surface area contributed by atoms with Crippen LogP contribution in [-0.2, 0) is 4.74 Å². The van der Waals surface area contributed by atoms with Gasteiger partial charge in [-0.1, -0.05) is 30.3 Å². The van der Waals surface area contributed by atoms with E-state index >= 15 is 0 Å². The first kappa shape index (κ1) is 14.8. The van der Waals surface area contributed by atoms with Crippen molar-refractivity contribution in [3.63, 3.8) is 0 Å². The number of nitrogens with one attached hydrogen (secondary N) is 1. The second kappa shape index (κ2) is 6.77. The molecule has 2 atom stereocenters. The van der Waals surface area contributed by atoms with Crippen molar-refractivity contribution in [1.29, 1.82) is 0 Å². The quantitative estimate of drug-likeness (QED) is 0.891. The third-order valence-electron chi connectivity index (χ3n) is 3.88. The van der Waals surface area contributed by atoms with Crippen LogP contribution in [0.2, 0.25) is 0 Å². The summed E-state index contributed by atoms with van der Waals surface area (Å²) in [4.78, 5) is 0. The summed E-state index contributed by atoms with van der Waals surface area (Å²) in [6.45, 7) is 1.52. The molecule has 1 aliphatic rings. The Morgan fingerprint density at radius 3 is 2.86 bits per heavy atom. The van der Waals surface area contributed by atoms with E-state index in [2.05, 4.69) is 39.4 Å². The molecule has 1 aliphatic heterocycles. The fourth-order valence-corrected chi connectivity index (χ4v) is 3.40. The molecule has 2 unspecified atom stereocenters. The van der Waals surface area contributed by atoms with Crippen LogP contribution in [0.15, 0.2) is 40.9 Å². The topological polar surface area (TPSA) is 30.5 Å². The van der Waals surface area contributed by atoms with Crippen molar-refractivity contribution in [2.24, 2.45) is 0 Å². The number of halogens is 1. The number of benzene rings is 2. The van der Waals surface area contributed by atoms with E-state index in [0.29, 0.717) is 12.7 Å². The van der Waals surface area contributed by atoms with Gasteiger partial charge in [0, 0.05) is 6.54 Å². The molecule has 0 spiro atoms. The molecule has 3 rings (SSSR count). The highest BCUT2D eigenvalue weighted by atomic mass is 79.9. The molecule has 1 saturated heterocycles. The fraction of sp³-hybridized carbons (Fsp3) is 0.412. The first-order valence-electron chi connectivity index (χ1n) is 7.38. The molecule has 3 nitrogen and oxygen atoms in total. The Labute approximate surface area is 133 Å². The van der Waals surface area contributed by atoms with E-state index in [1.807, 2.05) is 25.2 Å². The molecule has 2 aromatic carbocycles. The molecule has 112 valence electrons. The molecule has 2 aromatic rings. The SMILES string of the molecule is CNCC1CCC(COc2ccc3ccccc3c2Br)O1. The summed E-state index contributed by atoms with van der Waals surface area (Å²) in [7, 11) is 1.96. The number of ether oxygens (including phenoxy) is 2. The van der Waals surface area contributed by atoms with Gasteiger partial charge >= 0.3 is 0 Å². The van der Waals surface area contributed by atoms with Gasteiger partial charge in [-0.05, 0) is 52.7 Å². The molecular formula is C17H20BrNO2. The second-order valence-electron chi connectivity index (χ2n) is 5.42. The van der Waals surface area contributed by atoms with E-state index in [-0.39, 0.29) is 6.10 Å². The van der Waals surface area contributed by atoms with Crippen molar-refractivity contribution < 1.29 is 9.47 Å². The molecule has 1 N–H and O–H groups in total. The Hall–Kier alpha value is -1.10. The zero-order chi connectivity index (χ0) is 14.7. The highest BCUT2D eigenvalue weighted by molar-refractivity contribution is 9.10. The average molecular weight is 350 g/mol. The third kappa shape index (κ3) is 3.39. The highest BCUT2D eigenvalue weighted by Crippen LogP contribution is 2.33. The van der Waals surface area contributed by atoms with Crippen molar-refractivity contribution in [3.05, 3.63) is 40.9 Å². The molecule has 0 aromatic heterocycles. The Kier molecular flexibility index (Phi) is 4.78. The number of hydrogen-bond acceptors (Lipinski definition) is 3. The van der Waals surface area contributed by atoms with Crippen molar-refractivity contribution in [2.45, 2.75) is 25.0 Å². The monoisotopic (exact) mass is 349 g/mol. The predicted octanol–water partition coefficient (Wildman–Crippen LogP) is 3.75. The van der Waals surface area contributed by atoms with Gasteiger partial charge in [0.1, 0.15) is 12.4 Å². The molecular weight excluding hydrogens is 330 g/mol. The summed E-state index contributed by atoms with van der Waals surface area (Å²) in [6, 6.07) is 12.4. The van der Waals surface area contributed by atoms with E-state index in [0.717, 1.165) is 29.6 Å². The minimum Gasteiger partial charge on any atom is -0.490 e. The first-order valence-corrected chi connectivity index (χ1v) is 8.17. The zero-order valence-corrected chi connectivity index (χ0v) is 13.7. The third-order valence-corrected chi connectivity index (χ3v) is 4.70. The average Bonchev–Trinajstić information content (AvgIpc) is 2.95. The van der Waals surface area contributed by atoms with E-state index in [1.54, 1.807) is 0 Å². The number of fused-ring (bicyclic) bond motifs is 1. The van der Waals surface area contributed by atoms with Gasteiger partial charge in [-0.3, -0.25) is 0 Å². The smallest absolute Gasteiger partial charge is 0.134 e. The van der Waals surface area contributed by atoms with Gasteiger partial charge in [0.05, 0.1) is 16.7 Å². The van der Waals surface area contributed by atoms with E-state index in [4.69, 9.17) is 9.47 Å². The molecule has 1 heterocycles. The van der Waals surface area contributed by atoms with Crippen LogP contribution in [-0.4, -0.2) is 32.4 Å². The summed E-state index contributed by atoms with van der Waals surface area (Å²) in [5, 5.41) is 5.55. The molecule has 21 heavy (non-hydrogen) atoms. The molecule has 0 saturated carbocycles. The zero-order valence-electron chi connectivity index (χ0n) is 12.1. The maximum atomic E-state index is 5.96. The molecule has 0 aliphatic carbocycles. The van der Waals surface area contributed by atoms with Gasteiger partial charge in [0.25, 0.3) is 0 Å². The lowest BCUT2D eigenvalue weighted by Gasteiger charge is -2.15. The van der Waals surface area contributed by atoms with E-state index in [1.165, 1.54) is 10.8 Å². The Balaban J connectivity index is 1.65. The van der Waals surface area contributed by atoms with Gasteiger partial charge in [-0.25, -0.2) is 0 Å². The summed E-state index contributed by atoms with van der Waals surface area (Å²) in [6.07, 6.45) is 2.69. The maximum absolute atomic E-state index is 5.96. The minimum atomic E-state index is 0.196. The molecule has 0 bridgehead atoms. The number of rotatable bonds is 5. The molecule has 0 radical (unpaired) electrons. The Morgan fingerprint density at radius 2 is 2.00 bits per heavy atom. The predicted molar refractivity (Wildman–Crippen MR) is 89.0 cm³/mol. The Bertz CT molecular complexity index is 617. The van der Waals surface area contributed by atoms with Gasteiger partial charge < -0.3 is 14.8 Å². The summed E-state index contributed by atoms with van der Waals surface area (Å²) in [5.41, 5.74) is 0. The normalized spacial score (nSPS) is 21.8. The standard InChI is InChI=1S/C17H20BrNO2/c1-19-10-13-7-8-14(21-13)11-20-16-9-6-12-4-2-3-5-15(12)17(16)18/h2-6,9,13-14,19H,7-8,10-11H2,1H3. The van der Waals surface area contributed by atoms with Gasteiger partial charge in [-0.15, -0.1) is 0 Å². The van der Waals surface area contributed by atoms with Gasteiger partial charge in [0.2, 0.25) is 0 Å². The van der Waals surface area contributed by atoms with Crippen LogP contribution in [0.1, 0.15) is 12.8 Å². The largest absolute Gasteiger partial charge is 0.490 e. The van der Waals surface area contributed by atoms with E-state index in [9.17, 15) is 0 Å². The number of hydrogen-bond donors (Lipinski definition) is 1. The minimum absolute atomic E-state index is 0.196.